The van der Waals surface area contributed by atoms with Gasteiger partial charge < -0.3 is 4.74 Å². The number of ether oxygens (including phenoxy) is 2. The smallest absolute Gasteiger partial charge is 0.346 e. The summed E-state index contributed by atoms with van der Waals surface area (Å²) in [4.78, 5) is 0. The van der Waals surface area contributed by atoms with Crippen molar-refractivity contribution in [2.75, 3.05) is 6.61 Å². The van der Waals surface area contributed by atoms with Crippen molar-refractivity contribution in [2.24, 2.45) is 0 Å². The Balaban J connectivity index is 2.09. The van der Waals surface area contributed by atoms with Gasteiger partial charge in [0.2, 0.25) is 5.79 Å². The van der Waals surface area contributed by atoms with Gasteiger partial charge in [0, 0.05) is 12.0 Å². The Morgan fingerprint density at radius 3 is 2.48 bits per heavy atom. The highest BCUT2D eigenvalue weighted by atomic mass is 19.4. The molecule has 2 nitrogen and oxygen atoms in total. The Labute approximate surface area is 145 Å². The van der Waals surface area contributed by atoms with Crippen LogP contribution in [0.25, 0.3) is 5.57 Å². The van der Waals surface area contributed by atoms with Crippen molar-refractivity contribution in [2.45, 2.75) is 51.2 Å². The van der Waals surface area contributed by atoms with E-state index in [4.69, 9.17) is 4.74 Å². The molecule has 0 saturated carbocycles. The van der Waals surface area contributed by atoms with Gasteiger partial charge in [0.1, 0.15) is 5.82 Å². The van der Waals surface area contributed by atoms with Crippen molar-refractivity contribution < 1.29 is 27.0 Å². The van der Waals surface area contributed by atoms with Crippen LogP contribution in [0.5, 0.6) is 0 Å². The molecule has 0 fully saturated rings. The molecular formula is C19H22F4O2. The average molecular weight is 358 g/mol. The maximum absolute atomic E-state index is 13.8. The Morgan fingerprint density at radius 2 is 1.88 bits per heavy atom. The first-order chi connectivity index (χ1) is 11.9. The number of benzene rings is 1. The summed E-state index contributed by atoms with van der Waals surface area (Å²) >= 11 is 0. The van der Waals surface area contributed by atoms with Crippen LogP contribution in [0, 0.1) is 5.82 Å². The predicted octanol–water partition coefficient (Wildman–Crippen LogP) is 6.00. The molecule has 138 valence electrons. The number of halogens is 4. The Kier molecular flexibility index (Phi) is 6.79. The van der Waals surface area contributed by atoms with Gasteiger partial charge in [0.15, 0.2) is 0 Å². The van der Waals surface area contributed by atoms with E-state index in [1.807, 2.05) is 6.92 Å². The summed E-state index contributed by atoms with van der Waals surface area (Å²) in [5.74, 6) is -2.32. The fourth-order valence-corrected chi connectivity index (χ4v) is 2.68. The molecule has 2 rings (SSSR count). The minimum absolute atomic E-state index is 0.138. The van der Waals surface area contributed by atoms with E-state index in [9.17, 15) is 17.6 Å². The van der Waals surface area contributed by atoms with Crippen LogP contribution < -0.4 is 0 Å². The summed E-state index contributed by atoms with van der Waals surface area (Å²) < 4.78 is 61.9. The highest BCUT2D eigenvalue weighted by Gasteiger charge is 2.43. The van der Waals surface area contributed by atoms with Crippen LogP contribution in [-0.4, -0.2) is 18.8 Å². The van der Waals surface area contributed by atoms with Gasteiger partial charge in [-0.05, 0) is 24.1 Å². The normalized spacial score (nSPS) is 20.6. The largest absolute Gasteiger partial charge is 0.525 e. The molecule has 0 bridgehead atoms. The zero-order chi connectivity index (χ0) is 18.3. The molecule has 0 saturated heterocycles. The van der Waals surface area contributed by atoms with Crippen molar-refractivity contribution in [1.82, 2.24) is 0 Å². The molecule has 0 heterocycles. The fraction of sp³-hybridized carbons (Fsp3) is 0.474. The lowest BCUT2D eigenvalue weighted by atomic mass is 9.96. The van der Waals surface area contributed by atoms with Crippen molar-refractivity contribution in [3.63, 3.8) is 0 Å². The number of unbranched alkanes of at least 4 members (excludes halogenated alkanes) is 3. The molecule has 0 amide bonds. The van der Waals surface area contributed by atoms with Crippen LogP contribution in [0.4, 0.5) is 17.6 Å². The Morgan fingerprint density at radius 1 is 1.12 bits per heavy atom. The summed E-state index contributed by atoms with van der Waals surface area (Å²) in [5, 5.41) is 0. The molecule has 0 N–H and O–H groups in total. The van der Waals surface area contributed by atoms with Crippen LogP contribution in [0.2, 0.25) is 0 Å². The van der Waals surface area contributed by atoms with Crippen LogP contribution in [0.15, 0.2) is 42.5 Å². The van der Waals surface area contributed by atoms with E-state index in [1.54, 1.807) is 18.2 Å². The molecule has 1 atom stereocenters. The minimum Gasteiger partial charge on any atom is -0.346 e. The van der Waals surface area contributed by atoms with Crippen LogP contribution >= 0.6 is 0 Å². The van der Waals surface area contributed by atoms with Crippen molar-refractivity contribution in [3.8, 4) is 0 Å². The third-order valence-electron chi connectivity index (χ3n) is 3.94. The van der Waals surface area contributed by atoms with Gasteiger partial charge in [-0.15, -0.1) is 13.2 Å². The second-order valence-corrected chi connectivity index (χ2v) is 5.95. The molecule has 0 radical (unpaired) electrons. The standard InChI is InChI=1S/C19H22F4O2/c1-2-3-4-7-14-24-18(25-19(21,22)23)12-10-15(11-13-18)16-8-5-6-9-17(16)20/h5-6,8-12H,2-4,7,13-14H2,1H3. The lowest BCUT2D eigenvalue weighted by molar-refractivity contribution is -0.403. The third-order valence-corrected chi connectivity index (χ3v) is 3.94. The topological polar surface area (TPSA) is 18.5 Å². The van der Waals surface area contributed by atoms with Gasteiger partial charge in [0.05, 0.1) is 6.61 Å². The lowest BCUT2D eigenvalue weighted by Gasteiger charge is -2.33. The molecule has 1 unspecified atom stereocenters. The van der Waals surface area contributed by atoms with E-state index >= 15 is 0 Å². The maximum atomic E-state index is 13.8. The fourth-order valence-electron chi connectivity index (χ4n) is 2.68. The van der Waals surface area contributed by atoms with Crippen molar-refractivity contribution >= 4 is 5.57 Å². The van der Waals surface area contributed by atoms with Gasteiger partial charge in [0.25, 0.3) is 0 Å². The van der Waals surface area contributed by atoms with E-state index in [0.29, 0.717) is 17.6 Å². The van der Waals surface area contributed by atoms with E-state index in [2.05, 4.69) is 4.74 Å². The Bertz CT molecular complexity index is 622. The molecular weight excluding hydrogens is 336 g/mol. The zero-order valence-electron chi connectivity index (χ0n) is 14.1. The number of hydrogen-bond acceptors (Lipinski definition) is 2. The first kappa shape index (κ1) is 19.7. The van der Waals surface area contributed by atoms with Gasteiger partial charge in [-0.2, -0.15) is 0 Å². The minimum atomic E-state index is -4.82. The molecule has 0 aromatic heterocycles. The molecule has 1 aromatic carbocycles. The number of hydrogen-bond donors (Lipinski definition) is 0. The molecule has 6 heteroatoms. The van der Waals surface area contributed by atoms with Gasteiger partial charge in [-0.25, -0.2) is 4.39 Å². The molecule has 1 aliphatic rings. The van der Waals surface area contributed by atoms with Gasteiger partial charge >= 0.3 is 6.36 Å². The maximum Gasteiger partial charge on any atom is 0.525 e. The summed E-state index contributed by atoms with van der Waals surface area (Å²) in [6.45, 7) is 2.22. The third kappa shape index (κ3) is 5.97. The van der Waals surface area contributed by atoms with Crippen LogP contribution in [-0.2, 0) is 9.47 Å². The summed E-state index contributed by atoms with van der Waals surface area (Å²) in [5.41, 5.74) is 0.844. The van der Waals surface area contributed by atoms with Crippen LogP contribution in [0.1, 0.15) is 44.6 Å². The summed E-state index contributed by atoms with van der Waals surface area (Å²) in [7, 11) is 0. The van der Waals surface area contributed by atoms with E-state index in [-0.39, 0.29) is 13.0 Å². The van der Waals surface area contributed by atoms with E-state index in [0.717, 1.165) is 19.3 Å². The van der Waals surface area contributed by atoms with Crippen molar-refractivity contribution in [3.05, 3.63) is 53.9 Å². The molecule has 25 heavy (non-hydrogen) atoms. The van der Waals surface area contributed by atoms with Gasteiger partial charge in [-0.3, -0.25) is 4.74 Å². The quantitative estimate of drug-likeness (QED) is 0.322. The first-order valence-electron chi connectivity index (χ1n) is 8.40. The SMILES string of the molecule is CCCCCCOC1(OC(F)(F)F)C=CC(c2ccccc2F)=CC1. The zero-order valence-corrected chi connectivity index (χ0v) is 14.1. The Hall–Kier alpha value is -1.66. The van der Waals surface area contributed by atoms with Crippen molar-refractivity contribution in [1.29, 1.82) is 0 Å². The van der Waals surface area contributed by atoms with Gasteiger partial charge in [-0.1, -0.05) is 56.5 Å². The molecule has 0 spiro atoms. The molecule has 1 aromatic rings. The number of allylic oxidation sites excluding steroid dienone is 2. The highest BCUT2D eigenvalue weighted by Crippen LogP contribution is 2.36. The van der Waals surface area contributed by atoms with E-state index in [1.165, 1.54) is 24.3 Å². The average Bonchev–Trinajstić information content (AvgIpc) is 2.55. The van der Waals surface area contributed by atoms with Crippen LogP contribution in [0.3, 0.4) is 0 Å². The summed E-state index contributed by atoms with van der Waals surface area (Å²) in [6.07, 6.45) is 2.77. The highest BCUT2D eigenvalue weighted by molar-refractivity contribution is 5.75. The van der Waals surface area contributed by atoms with E-state index < -0.39 is 18.0 Å². The first-order valence-corrected chi connectivity index (χ1v) is 8.40. The lowest BCUT2D eigenvalue weighted by Crippen LogP contribution is -2.40. The second-order valence-electron chi connectivity index (χ2n) is 5.95. The molecule has 0 aliphatic heterocycles. The number of rotatable bonds is 8. The summed E-state index contributed by atoms with van der Waals surface area (Å²) in [6, 6.07) is 6.12. The molecule has 1 aliphatic carbocycles. The predicted molar refractivity (Wildman–Crippen MR) is 88.1 cm³/mol. The monoisotopic (exact) mass is 358 g/mol. The number of alkyl halides is 3. The second kappa shape index (κ2) is 8.63.